The number of thiazole rings is 1. The van der Waals surface area contributed by atoms with E-state index in [1.165, 1.54) is 17.4 Å². The molecule has 3 rings (SSSR count). The van der Waals surface area contributed by atoms with Crippen LogP contribution < -0.4 is 0 Å². The quantitative estimate of drug-likeness (QED) is 0.677. The molecule has 0 aliphatic carbocycles. The highest BCUT2D eigenvalue weighted by molar-refractivity contribution is 7.14. The second-order valence-corrected chi connectivity index (χ2v) is 5.61. The smallest absolute Gasteiger partial charge is 0.194 e. The molecule has 0 spiro atoms. The number of nitriles is 1. The summed E-state index contributed by atoms with van der Waals surface area (Å²) in [4.78, 5) is 5.41. The Morgan fingerprint density at radius 1 is 1.37 bits per heavy atom. The highest BCUT2D eigenvalue weighted by Crippen LogP contribution is 2.28. The number of fused-ring (bicyclic) bond motifs is 1. The molecule has 0 fully saturated rings. The van der Waals surface area contributed by atoms with Crippen LogP contribution in [-0.2, 0) is 0 Å². The van der Waals surface area contributed by atoms with Gasteiger partial charge in [0.05, 0.1) is 11.1 Å². The van der Waals surface area contributed by atoms with Crippen molar-refractivity contribution >= 4 is 22.2 Å². The molecule has 2 aromatic heterocycles. The molecule has 0 aliphatic heterocycles. The average Bonchev–Trinajstić information content (AvgIpc) is 2.94. The molecule has 19 heavy (non-hydrogen) atoms. The van der Waals surface area contributed by atoms with Gasteiger partial charge in [0, 0.05) is 22.7 Å². The third-order valence-corrected chi connectivity index (χ3v) is 3.93. The lowest BCUT2D eigenvalue weighted by molar-refractivity contribution is 0.620. The van der Waals surface area contributed by atoms with Gasteiger partial charge < -0.3 is 0 Å². The van der Waals surface area contributed by atoms with Gasteiger partial charge in [-0.1, -0.05) is 0 Å². The molecule has 94 valence electrons. The van der Waals surface area contributed by atoms with Crippen LogP contribution in [0.1, 0.15) is 16.0 Å². The number of benzene rings is 1. The van der Waals surface area contributed by atoms with Crippen molar-refractivity contribution in [3.05, 3.63) is 46.3 Å². The normalized spacial score (nSPS) is 10.8. The maximum atomic E-state index is 13.6. The fourth-order valence-electron chi connectivity index (χ4n) is 2.05. The standard InChI is InChI=1S/C14H10FN3S/c1-8-3-13-11(4-12(8)15)10(5-16)7-18(13)14-17-6-9(2)19-14/h3-4,6-7H,1-2H3. The molecule has 0 atom stereocenters. The zero-order chi connectivity index (χ0) is 13.6. The zero-order valence-corrected chi connectivity index (χ0v) is 11.3. The lowest BCUT2D eigenvalue weighted by Crippen LogP contribution is -1.91. The molecule has 2 heterocycles. The Balaban J connectivity index is 2.37. The highest BCUT2D eigenvalue weighted by atomic mass is 32.1. The fraction of sp³-hybridized carbons (Fsp3) is 0.143. The van der Waals surface area contributed by atoms with Gasteiger partial charge in [0.25, 0.3) is 0 Å². The van der Waals surface area contributed by atoms with Gasteiger partial charge in [-0.15, -0.1) is 11.3 Å². The van der Waals surface area contributed by atoms with Crippen LogP contribution in [0.2, 0.25) is 0 Å². The zero-order valence-electron chi connectivity index (χ0n) is 10.4. The van der Waals surface area contributed by atoms with Gasteiger partial charge in [0.1, 0.15) is 11.9 Å². The first-order valence-electron chi connectivity index (χ1n) is 5.74. The Morgan fingerprint density at radius 2 is 2.16 bits per heavy atom. The Hall–Kier alpha value is -2.19. The Labute approximate surface area is 113 Å². The van der Waals surface area contributed by atoms with Gasteiger partial charge in [0.15, 0.2) is 5.13 Å². The number of nitrogens with zero attached hydrogens (tertiary/aromatic N) is 3. The maximum absolute atomic E-state index is 13.6. The summed E-state index contributed by atoms with van der Waals surface area (Å²) in [6.07, 6.45) is 3.50. The van der Waals surface area contributed by atoms with Gasteiger partial charge >= 0.3 is 0 Å². The number of hydrogen-bond donors (Lipinski definition) is 0. The van der Waals surface area contributed by atoms with Crippen molar-refractivity contribution in [3.63, 3.8) is 0 Å². The summed E-state index contributed by atoms with van der Waals surface area (Å²) in [6.45, 7) is 3.69. The molecule has 5 heteroatoms. The summed E-state index contributed by atoms with van der Waals surface area (Å²) in [7, 11) is 0. The number of aryl methyl sites for hydroxylation is 2. The molecule has 0 saturated heterocycles. The average molecular weight is 271 g/mol. The summed E-state index contributed by atoms with van der Waals surface area (Å²) in [5.74, 6) is -0.294. The Kier molecular flexibility index (Phi) is 2.61. The minimum Gasteiger partial charge on any atom is -0.291 e. The summed E-state index contributed by atoms with van der Waals surface area (Å²) >= 11 is 1.54. The van der Waals surface area contributed by atoms with Crippen LogP contribution in [0.4, 0.5) is 4.39 Å². The molecule has 0 unspecified atom stereocenters. The van der Waals surface area contributed by atoms with Crippen LogP contribution in [0.3, 0.4) is 0 Å². The van der Waals surface area contributed by atoms with Gasteiger partial charge in [-0.25, -0.2) is 9.37 Å². The molecule has 0 radical (unpaired) electrons. The van der Waals surface area contributed by atoms with Crippen LogP contribution >= 0.6 is 11.3 Å². The number of aromatic nitrogens is 2. The van der Waals surface area contributed by atoms with Crippen molar-refractivity contribution in [2.75, 3.05) is 0 Å². The predicted molar refractivity (Wildman–Crippen MR) is 73.1 cm³/mol. The van der Waals surface area contributed by atoms with E-state index in [2.05, 4.69) is 11.1 Å². The van der Waals surface area contributed by atoms with Crippen LogP contribution in [0.25, 0.3) is 16.0 Å². The molecule has 0 saturated carbocycles. The molecule has 3 aromatic rings. The van der Waals surface area contributed by atoms with E-state index in [4.69, 9.17) is 5.26 Å². The van der Waals surface area contributed by atoms with Crippen LogP contribution in [0, 0.1) is 31.0 Å². The second kappa shape index (κ2) is 4.18. The predicted octanol–water partition coefficient (Wildman–Crippen LogP) is 3.71. The summed E-state index contributed by atoms with van der Waals surface area (Å²) in [6, 6.07) is 5.27. The van der Waals surface area contributed by atoms with Crippen LogP contribution in [-0.4, -0.2) is 9.55 Å². The van der Waals surface area contributed by atoms with E-state index >= 15 is 0 Å². The fourth-order valence-corrected chi connectivity index (χ4v) is 2.80. The van der Waals surface area contributed by atoms with Crippen molar-refractivity contribution in [3.8, 4) is 11.2 Å². The molecule has 0 bridgehead atoms. The maximum Gasteiger partial charge on any atom is 0.194 e. The largest absolute Gasteiger partial charge is 0.291 e. The van der Waals surface area contributed by atoms with Crippen molar-refractivity contribution in [1.29, 1.82) is 5.26 Å². The van der Waals surface area contributed by atoms with E-state index in [9.17, 15) is 4.39 Å². The molecule has 0 aliphatic rings. The van der Waals surface area contributed by atoms with E-state index in [-0.39, 0.29) is 5.82 Å². The van der Waals surface area contributed by atoms with E-state index in [0.29, 0.717) is 16.5 Å². The third kappa shape index (κ3) is 1.81. The van der Waals surface area contributed by atoms with E-state index in [1.807, 2.05) is 11.5 Å². The molecule has 0 amide bonds. The van der Waals surface area contributed by atoms with Gasteiger partial charge in [-0.05, 0) is 31.5 Å². The van der Waals surface area contributed by atoms with Crippen LogP contribution in [0.15, 0.2) is 24.5 Å². The van der Waals surface area contributed by atoms with Crippen LogP contribution in [0.5, 0.6) is 0 Å². The Bertz CT molecular complexity index is 823. The first-order valence-corrected chi connectivity index (χ1v) is 6.56. The molecular weight excluding hydrogens is 261 g/mol. The van der Waals surface area contributed by atoms with Crippen molar-refractivity contribution in [2.45, 2.75) is 13.8 Å². The monoisotopic (exact) mass is 271 g/mol. The second-order valence-electron chi connectivity index (χ2n) is 4.40. The number of hydrogen-bond acceptors (Lipinski definition) is 3. The number of rotatable bonds is 1. The lowest BCUT2D eigenvalue weighted by Gasteiger charge is -2.02. The van der Waals surface area contributed by atoms with Crippen molar-refractivity contribution in [1.82, 2.24) is 9.55 Å². The summed E-state index contributed by atoms with van der Waals surface area (Å²) < 4.78 is 15.5. The first-order chi connectivity index (χ1) is 9.10. The van der Waals surface area contributed by atoms with E-state index < -0.39 is 0 Å². The first kappa shape index (κ1) is 11.9. The minimum atomic E-state index is -0.294. The lowest BCUT2D eigenvalue weighted by atomic mass is 10.1. The van der Waals surface area contributed by atoms with Crippen molar-refractivity contribution < 1.29 is 4.39 Å². The van der Waals surface area contributed by atoms with E-state index in [1.54, 1.807) is 25.4 Å². The summed E-state index contributed by atoms with van der Waals surface area (Å²) in [5, 5.41) is 10.6. The molecule has 3 nitrogen and oxygen atoms in total. The topological polar surface area (TPSA) is 41.6 Å². The molecule has 1 aromatic carbocycles. The van der Waals surface area contributed by atoms with Gasteiger partial charge in [-0.3, -0.25) is 4.57 Å². The highest BCUT2D eigenvalue weighted by Gasteiger charge is 2.14. The SMILES string of the molecule is Cc1cnc(-n2cc(C#N)c3cc(F)c(C)cc32)s1. The number of halogens is 1. The van der Waals surface area contributed by atoms with Crippen molar-refractivity contribution in [2.24, 2.45) is 0 Å². The summed E-state index contributed by atoms with van der Waals surface area (Å²) in [5.41, 5.74) is 1.83. The third-order valence-electron chi connectivity index (χ3n) is 3.02. The minimum absolute atomic E-state index is 0.294. The van der Waals surface area contributed by atoms with Gasteiger partial charge in [-0.2, -0.15) is 5.26 Å². The van der Waals surface area contributed by atoms with E-state index in [0.717, 1.165) is 15.5 Å². The molecule has 0 N–H and O–H groups in total. The van der Waals surface area contributed by atoms with Gasteiger partial charge in [0.2, 0.25) is 0 Å². The molecular formula is C14H10FN3S. The Morgan fingerprint density at radius 3 is 2.79 bits per heavy atom.